The Bertz CT molecular complexity index is 683. The largest absolute Gasteiger partial charge is 0.456 e. The Balaban J connectivity index is 1.92. The maximum Gasteiger partial charge on any atom is 0.326 e. The highest BCUT2D eigenvalue weighted by atomic mass is 35.5. The molecule has 0 unspecified atom stereocenters. The lowest BCUT2D eigenvalue weighted by Gasteiger charge is -2.22. The zero-order valence-corrected chi connectivity index (χ0v) is 14.8. The van der Waals surface area contributed by atoms with Crippen molar-refractivity contribution in [3.05, 3.63) is 21.3 Å². The topological polar surface area (TPSA) is 92.8 Å². The quantitative estimate of drug-likeness (QED) is 0.450. The molecule has 1 fully saturated rings. The van der Waals surface area contributed by atoms with Gasteiger partial charge in [0.2, 0.25) is 5.78 Å². The summed E-state index contributed by atoms with van der Waals surface area (Å²) in [5.41, 5.74) is -0.971. The molecule has 0 spiro atoms. The summed E-state index contributed by atoms with van der Waals surface area (Å²) < 4.78 is 5.32. The number of esters is 1. The summed E-state index contributed by atoms with van der Waals surface area (Å²) in [6.07, 6.45) is 0.856. The van der Waals surface area contributed by atoms with Gasteiger partial charge in [-0.15, -0.1) is 11.3 Å². The summed E-state index contributed by atoms with van der Waals surface area (Å²) in [5.74, 6) is -1.67. The van der Waals surface area contributed by atoms with Crippen LogP contribution in [0.2, 0.25) is 4.34 Å². The second-order valence-electron chi connectivity index (χ2n) is 5.30. The summed E-state index contributed by atoms with van der Waals surface area (Å²) >= 11 is 6.82. The monoisotopic (exact) mass is 372 g/mol. The van der Waals surface area contributed by atoms with Crippen molar-refractivity contribution in [1.29, 1.82) is 0 Å². The lowest BCUT2D eigenvalue weighted by molar-refractivity contribution is -0.146. The number of halogens is 1. The molecule has 0 radical (unpaired) electrons. The van der Waals surface area contributed by atoms with Crippen LogP contribution in [0.5, 0.6) is 0 Å². The van der Waals surface area contributed by atoms with E-state index < -0.39 is 42.4 Å². The van der Waals surface area contributed by atoms with Crippen molar-refractivity contribution in [3.8, 4) is 0 Å². The Morgan fingerprint density at radius 2 is 1.96 bits per heavy atom. The summed E-state index contributed by atoms with van der Waals surface area (Å²) in [6, 6.07) is 2.48. The summed E-state index contributed by atoms with van der Waals surface area (Å²) in [4.78, 5) is 49.2. The fraction of sp³-hybridized carbons (Fsp3) is 0.467. The first-order valence-corrected chi connectivity index (χ1v) is 8.60. The van der Waals surface area contributed by atoms with E-state index in [1.165, 1.54) is 6.07 Å². The van der Waals surface area contributed by atoms with E-state index in [1.54, 1.807) is 19.9 Å². The molecule has 0 aromatic carbocycles. The molecule has 1 saturated heterocycles. The molecular weight excluding hydrogens is 356 g/mol. The molecule has 130 valence electrons. The average Bonchev–Trinajstić information content (AvgIpc) is 3.09. The van der Waals surface area contributed by atoms with E-state index in [9.17, 15) is 19.2 Å². The Morgan fingerprint density at radius 3 is 2.46 bits per heavy atom. The number of nitrogens with zero attached hydrogens (tertiary/aromatic N) is 1. The van der Waals surface area contributed by atoms with E-state index in [0.29, 0.717) is 22.1 Å². The molecule has 9 heteroatoms. The molecule has 1 aliphatic heterocycles. The van der Waals surface area contributed by atoms with Crippen LogP contribution in [-0.2, 0) is 14.3 Å². The van der Waals surface area contributed by atoms with Crippen molar-refractivity contribution in [3.63, 3.8) is 0 Å². The van der Waals surface area contributed by atoms with Crippen LogP contribution in [0.1, 0.15) is 36.4 Å². The van der Waals surface area contributed by atoms with Gasteiger partial charge >= 0.3 is 12.0 Å². The van der Waals surface area contributed by atoms with Gasteiger partial charge in [-0.25, -0.2) is 4.79 Å². The number of hydrogen-bond donors (Lipinski definition) is 1. The fourth-order valence-electron chi connectivity index (χ4n) is 2.41. The summed E-state index contributed by atoms with van der Waals surface area (Å²) in [5, 5.41) is 2.62. The predicted molar refractivity (Wildman–Crippen MR) is 88.2 cm³/mol. The number of carbonyl (C=O) groups excluding carboxylic acids is 4. The van der Waals surface area contributed by atoms with Gasteiger partial charge in [0.1, 0.15) is 12.1 Å². The van der Waals surface area contributed by atoms with E-state index >= 15 is 0 Å². The molecule has 2 rings (SSSR count). The van der Waals surface area contributed by atoms with Gasteiger partial charge in [-0.1, -0.05) is 25.4 Å². The zero-order valence-electron chi connectivity index (χ0n) is 13.3. The number of Topliss-reactive ketones (excluding diaryl/α,β-unsaturated/α-hetero) is 1. The lowest BCUT2D eigenvalue weighted by atomic mass is 9.93. The Hall–Kier alpha value is -1.93. The van der Waals surface area contributed by atoms with Gasteiger partial charge < -0.3 is 10.1 Å². The highest BCUT2D eigenvalue weighted by molar-refractivity contribution is 7.18. The Labute approximate surface area is 147 Å². The third-order valence-corrected chi connectivity index (χ3v) is 5.22. The van der Waals surface area contributed by atoms with Crippen molar-refractivity contribution < 1.29 is 23.9 Å². The number of ether oxygens (including phenoxy) is 1. The van der Waals surface area contributed by atoms with Gasteiger partial charge in [0.05, 0.1) is 9.21 Å². The molecule has 0 bridgehead atoms. The van der Waals surface area contributed by atoms with Gasteiger partial charge in [0.25, 0.3) is 5.91 Å². The third kappa shape index (κ3) is 3.59. The van der Waals surface area contributed by atoms with Crippen LogP contribution in [0.15, 0.2) is 12.1 Å². The first kappa shape index (κ1) is 18.4. The minimum atomic E-state index is -0.971. The van der Waals surface area contributed by atoms with Gasteiger partial charge in [-0.3, -0.25) is 19.3 Å². The number of imide groups is 1. The molecule has 1 aliphatic rings. The Morgan fingerprint density at radius 1 is 1.29 bits per heavy atom. The summed E-state index contributed by atoms with van der Waals surface area (Å²) in [7, 11) is 0. The number of hydrogen-bond acceptors (Lipinski definition) is 6. The molecule has 0 atom stereocenters. The van der Waals surface area contributed by atoms with Crippen LogP contribution in [-0.4, -0.2) is 47.3 Å². The number of nitrogens with one attached hydrogen (secondary N) is 1. The second kappa shape index (κ2) is 7.31. The van der Waals surface area contributed by atoms with Crippen LogP contribution in [0, 0.1) is 0 Å². The maximum absolute atomic E-state index is 12.4. The Kier molecular flexibility index (Phi) is 5.61. The van der Waals surface area contributed by atoms with E-state index in [-0.39, 0.29) is 0 Å². The molecular formula is C15H17ClN2O5S. The summed E-state index contributed by atoms with van der Waals surface area (Å²) in [6.45, 7) is 2.58. The normalized spacial score (nSPS) is 16.2. The average molecular weight is 373 g/mol. The van der Waals surface area contributed by atoms with Crippen LogP contribution in [0.25, 0.3) is 0 Å². The first-order chi connectivity index (χ1) is 11.3. The fourth-order valence-corrected chi connectivity index (χ4v) is 3.37. The van der Waals surface area contributed by atoms with Crippen LogP contribution >= 0.6 is 22.9 Å². The number of ketones is 1. The van der Waals surface area contributed by atoms with Crippen molar-refractivity contribution in [1.82, 2.24) is 10.2 Å². The minimum absolute atomic E-state index is 0.374. The molecule has 7 nitrogen and oxygen atoms in total. The second-order valence-corrected chi connectivity index (χ2v) is 7.01. The molecule has 1 aromatic heterocycles. The smallest absolute Gasteiger partial charge is 0.326 e. The van der Waals surface area contributed by atoms with E-state index in [1.807, 2.05) is 0 Å². The van der Waals surface area contributed by atoms with Crippen LogP contribution < -0.4 is 5.32 Å². The van der Waals surface area contributed by atoms with Crippen LogP contribution in [0.4, 0.5) is 4.79 Å². The van der Waals surface area contributed by atoms with Crippen molar-refractivity contribution in [2.75, 3.05) is 13.2 Å². The number of thiophene rings is 1. The highest BCUT2D eigenvalue weighted by Crippen LogP contribution is 2.25. The van der Waals surface area contributed by atoms with E-state index in [0.717, 1.165) is 16.2 Å². The standard InChI is InChI=1S/C15H17ClN2O5S/c1-3-15(4-2)13(21)18(14(22)17-15)7-12(20)23-8-9(19)10-5-6-11(16)24-10/h5-6H,3-4,7-8H2,1-2H3,(H,17,22). The molecule has 1 N–H and O–H groups in total. The minimum Gasteiger partial charge on any atom is -0.456 e. The predicted octanol–water partition coefficient (Wildman–Crippen LogP) is 2.24. The van der Waals surface area contributed by atoms with Gasteiger partial charge in [0, 0.05) is 0 Å². The first-order valence-electron chi connectivity index (χ1n) is 7.41. The van der Waals surface area contributed by atoms with Gasteiger partial charge in [0.15, 0.2) is 6.61 Å². The lowest BCUT2D eigenvalue weighted by Crippen LogP contribution is -2.46. The molecule has 24 heavy (non-hydrogen) atoms. The van der Waals surface area contributed by atoms with Crippen molar-refractivity contribution in [2.45, 2.75) is 32.2 Å². The molecule has 2 heterocycles. The molecule has 3 amide bonds. The number of rotatable bonds is 7. The van der Waals surface area contributed by atoms with Crippen molar-refractivity contribution >= 4 is 46.6 Å². The molecule has 0 saturated carbocycles. The number of amides is 3. The molecule has 1 aromatic rings. The van der Waals surface area contributed by atoms with Crippen molar-refractivity contribution in [2.24, 2.45) is 0 Å². The van der Waals surface area contributed by atoms with E-state index in [4.69, 9.17) is 16.3 Å². The molecule has 0 aliphatic carbocycles. The number of carbonyl (C=O) groups is 4. The SMILES string of the molecule is CCC1(CC)NC(=O)N(CC(=O)OCC(=O)c2ccc(Cl)s2)C1=O. The highest BCUT2D eigenvalue weighted by Gasteiger charge is 2.49. The maximum atomic E-state index is 12.4. The van der Waals surface area contributed by atoms with E-state index in [2.05, 4.69) is 5.32 Å². The van der Waals surface area contributed by atoms with Crippen LogP contribution in [0.3, 0.4) is 0 Å². The number of urea groups is 1. The zero-order chi connectivity index (χ0) is 17.9. The third-order valence-electron chi connectivity index (χ3n) is 3.95. The van der Waals surface area contributed by atoms with Gasteiger partial charge in [-0.05, 0) is 25.0 Å². The van der Waals surface area contributed by atoms with Gasteiger partial charge in [-0.2, -0.15) is 0 Å².